The zero-order chi connectivity index (χ0) is 14.0. The summed E-state index contributed by atoms with van der Waals surface area (Å²) >= 11 is 0. The molecule has 1 aromatic heterocycles. The van der Waals surface area contributed by atoms with Crippen LogP contribution in [-0.2, 0) is 4.79 Å². The van der Waals surface area contributed by atoms with Gasteiger partial charge in [-0.15, -0.1) is 0 Å². The largest absolute Gasteiger partial charge is 0.320 e. The van der Waals surface area contributed by atoms with Crippen LogP contribution in [0.15, 0.2) is 12.3 Å². The summed E-state index contributed by atoms with van der Waals surface area (Å²) in [6.45, 7) is 2.99. The Bertz CT molecular complexity index is 450. The molecular weight excluding hydrogens is 252 g/mol. The van der Waals surface area contributed by atoms with Gasteiger partial charge in [0.2, 0.25) is 5.91 Å². The highest BCUT2D eigenvalue weighted by Crippen LogP contribution is 2.39. The molecule has 110 valence electrons. The molecular formula is C15H24N4O. The molecule has 1 saturated carbocycles. The molecule has 1 aromatic rings. The van der Waals surface area contributed by atoms with Crippen LogP contribution in [0.1, 0.15) is 63.7 Å². The van der Waals surface area contributed by atoms with E-state index in [0.717, 1.165) is 50.8 Å². The van der Waals surface area contributed by atoms with E-state index in [9.17, 15) is 4.79 Å². The van der Waals surface area contributed by atoms with E-state index < -0.39 is 0 Å². The predicted octanol–water partition coefficient (Wildman–Crippen LogP) is 2.34. The Kier molecular flexibility index (Phi) is 3.78. The van der Waals surface area contributed by atoms with Crippen molar-refractivity contribution >= 4 is 5.91 Å². The molecule has 0 unspecified atom stereocenters. The number of H-pyrrole nitrogens is 1. The first-order chi connectivity index (χ1) is 9.77. The maximum absolute atomic E-state index is 12.9. The third-order valence-corrected chi connectivity index (χ3v) is 4.67. The Morgan fingerprint density at radius 1 is 1.40 bits per heavy atom. The Morgan fingerprint density at radius 2 is 2.20 bits per heavy atom. The molecule has 1 saturated heterocycles. The molecule has 5 heteroatoms. The van der Waals surface area contributed by atoms with E-state index in [4.69, 9.17) is 0 Å². The smallest absolute Gasteiger partial charge is 0.244 e. The maximum Gasteiger partial charge on any atom is 0.244 e. The molecule has 1 atom stereocenters. The summed E-state index contributed by atoms with van der Waals surface area (Å²) in [5, 5.41) is 10.7. The van der Waals surface area contributed by atoms with Crippen molar-refractivity contribution in [2.45, 2.75) is 63.6 Å². The number of hydrogen-bond acceptors (Lipinski definition) is 3. The van der Waals surface area contributed by atoms with Crippen molar-refractivity contribution in [3.63, 3.8) is 0 Å². The topological polar surface area (TPSA) is 61.0 Å². The molecule has 1 spiro atoms. The number of amides is 1. The molecule has 20 heavy (non-hydrogen) atoms. The first kappa shape index (κ1) is 13.6. The van der Waals surface area contributed by atoms with Crippen molar-refractivity contribution in [1.82, 2.24) is 20.4 Å². The molecule has 0 bridgehead atoms. The fourth-order valence-electron chi connectivity index (χ4n) is 3.53. The molecule has 0 radical (unpaired) electrons. The monoisotopic (exact) mass is 276 g/mol. The second-order valence-corrected chi connectivity index (χ2v) is 6.05. The van der Waals surface area contributed by atoms with E-state index in [1.165, 1.54) is 6.42 Å². The van der Waals surface area contributed by atoms with Gasteiger partial charge in [-0.25, -0.2) is 0 Å². The number of hydrogen-bond donors (Lipinski definition) is 2. The van der Waals surface area contributed by atoms with Gasteiger partial charge in [-0.05, 0) is 25.3 Å². The third kappa shape index (κ3) is 2.24. The molecule has 0 aromatic carbocycles. The fourth-order valence-corrected chi connectivity index (χ4v) is 3.53. The molecule has 1 aliphatic carbocycles. The zero-order valence-electron chi connectivity index (χ0n) is 12.2. The second kappa shape index (κ2) is 5.56. The molecule has 5 nitrogen and oxygen atoms in total. The van der Waals surface area contributed by atoms with Crippen LogP contribution in [0.5, 0.6) is 0 Å². The Morgan fingerprint density at radius 3 is 2.85 bits per heavy atom. The highest BCUT2D eigenvalue weighted by atomic mass is 16.2. The van der Waals surface area contributed by atoms with Crippen LogP contribution >= 0.6 is 0 Å². The highest BCUT2D eigenvalue weighted by Gasteiger charge is 2.51. The minimum atomic E-state index is -0.318. The molecule has 2 fully saturated rings. The number of nitrogens with zero attached hydrogens (tertiary/aromatic N) is 2. The number of unbranched alkanes of at least 4 members (excludes halogenated alkanes) is 1. The normalized spacial score (nSPS) is 25.6. The molecule has 3 rings (SSSR count). The number of carbonyl (C=O) groups excluding carboxylic acids is 1. The molecule has 2 N–H and O–H groups in total. The summed E-state index contributed by atoms with van der Waals surface area (Å²) < 4.78 is 0. The van der Waals surface area contributed by atoms with Gasteiger partial charge in [-0.2, -0.15) is 5.10 Å². The van der Waals surface area contributed by atoms with E-state index in [1.807, 2.05) is 11.0 Å². The van der Waals surface area contributed by atoms with Gasteiger partial charge < -0.3 is 4.90 Å². The summed E-state index contributed by atoms with van der Waals surface area (Å²) in [6, 6.07) is 1.96. The minimum Gasteiger partial charge on any atom is -0.320 e. The fraction of sp³-hybridized carbons (Fsp3) is 0.733. The van der Waals surface area contributed by atoms with Gasteiger partial charge in [0.1, 0.15) is 6.17 Å². The molecule has 2 aliphatic rings. The number of carbonyl (C=O) groups is 1. The first-order valence-corrected chi connectivity index (χ1v) is 7.85. The number of rotatable bonds is 4. The SMILES string of the molecule is CCCCN1C(=O)C2(CCCCC2)N[C@H]1c1ccn[nH]1. The van der Waals surface area contributed by atoms with Crippen molar-refractivity contribution < 1.29 is 4.79 Å². The second-order valence-electron chi connectivity index (χ2n) is 6.05. The first-order valence-electron chi connectivity index (χ1n) is 7.85. The van der Waals surface area contributed by atoms with E-state index >= 15 is 0 Å². The van der Waals surface area contributed by atoms with Crippen LogP contribution in [0.4, 0.5) is 0 Å². The lowest BCUT2D eigenvalue weighted by Gasteiger charge is -2.31. The Labute approximate surface area is 120 Å². The van der Waals surface area contributed by atoms with E-state index in [0.29, 0.717) is 5.91 Å². The standard InChI is InChI=1S/C15H24N4O/c1-2-3-11-19-13(12-7-10-16-18-12)17-15(14(19)20)8-5-4-6-9-15/h7,10,13,17H,2-6,8-9,11H2,1H3,(H,16,18)/t13-/m1/s1. The lowest BCUT2D eigenvalue weighted by atomic mass is 9.81. The predicted molar refractivity (Wildman–Crippen MR) is 76.9 cm³/mol. The van der Waals surface area contributed by atoms with Crippen molar-refractivity contribution in [3.8, 4) is 0 Å². The number of aromatic amines is 1. The number of nitrogens with one attached hydrogen (secondary N) is 2. The molecule has 1 aliphatic heterocycles. The van der Waals surface area contributed by atoms with Crippen molar-refractivity contribution in [2.75, 3.05) is 6.54 Å². The Hall–Kier alpha value is -1.36. The van der Waals surface area contributed by atoms with Gasteiger partial charge in [0, 0.05) is 12.7 Å². The van der Waals surface area contributed by atoms with Gasteiger partial charge in [-0.3, -0.25) is 15.2 Å². The van der Waals surface area contributed by atoms with Crippen molar-refractivity contribution in [3.05, 3.63) is 18.0 Å². The van der Waals surface area contributed by atoms with Gasteiger partial charge in [-0.1, -0.05) is 32.6 Å². The zero-order valence-corrected chi connectivity index (χ0v) is 12.2. The van der Waals surface area contributed by atoms with Crippen LogP contribution in [0.2, 0.25) is 0 Å². The van der Waals surface area contributed by atoms with Crippen molar-refractivity contribution in [2.24, 2.45) is 0 Å². The summed E-state index contributed by atoms with van der Waals surface area (Å²) in [4.78, 5) is 14.9. The van der Waals surface area contributed by atoms with Gasteiger partial charge in [0.25, 0.3) is 0 Å². The molecule has 1 amide bonds. The van der Waals surface area contributed by atoms with Crippen LogP contribution in [0, 0.1) is 0 Å². The minimum absolute atomic E-state index is 0.0327. The average molecular weight is 276 g/mol. The lowest BCUT2D eigenvalue weighted by molar-refractivity contribution is -0.134. The van der Waals surface area contributed by atoms with Gasteiger partial charge >= 0.3 is 0 Å². The summed E-state index contributed by atoms with van der Waals surface area (Å²) in [7, 11) is 0. The lowest BCUT2D eigenvalue weighted by Crippen LogP contribution is -2.48. The summed E-state index contributed by atoms with van der Waals surface area (Å²) in [6.07, 6.45) is 9.37. The highest BCUT2D eigenvalue weighted by molar-refractivity contribution is 5.89. The van der Waals surface area contributed by atoms with Crippen LogP contribution in [0.3, 0.4) is 0 Å². The van der Waals surface area contributed by atoms with Crippen molar-refractivity contribution in [1.29, 1.82) is 0 Å². The maximum atomic E-state index is 12.9. The number of aromatic nitrogens is 2. The average Bonchev–Trinajstić information content (AvgIpc) is 3.08. The van der Waals surface area contributed by atoms with E-state index in [-0.39, 0.29) is 11.7 Å². The van der Waals surface area contributed by atoms with Crippen LogP contribution in [-0.4, -0.2) is 33.1 Å². The van der Waals surface area contributed by atoms with Gasteiger partial charge in [0.15, 0.2) is 0 Å². The Balaban J connectivity index is 1.85. The summed E-state index contributed by atoms with van der Waals surface area (Å²) in [5.41, 5.74) is 0.679. The van der Waals surface area contributed by atoms with Gasteiger partial charge in [0.05, 0.1) is 11.2 Å². The third-order valence-electron chi connectivity index (χ3n) is 4.67. The quantitative estimate of drug-likeness (QED) is 0.887. The van der Waals surface area contributed by atoms with E-state index in [2.05, 4.69) is 22.4 Å². The molecule has 2 heterocycles. The van der Waals surface area contributed by atoms with Crippen LogP contribution in [0.25, 0.3) is 0 Å². The summed E-state index contributed by atoms with van der Waals surface area (Å²) in [5.74, 6) is 0.297. The van der Waals surface area contributed by atoms with E-state index in [1.54, 1.807) is 6.20 Å². The van der Waals surface area contributed by atoms with Crippen LogP contribution < -0.4 is 5.32 Å².